The van der Waals surface area contributed by atoms with Gasteiger partial charge in [-0.2, -0.15) is 0 Å². The van der Waals surface area contributed by atoms with Crippen molar-refractivity contribution in [1.29, 1.82) is 0 Å². The van der Waals surface area contributed by atoms with Crippen molar-refractivity contribution in [2.24, 2.45) is 7.05 Å². The molecule has 0 aliphatic rings. The van der Waals surface area contributed by atoms with Gasteiger partial charge in [0.15, 0.2) is 0 Å². The van der Waals surface area contributed by atoms with Gasteiger partial charge in [0, 0.05) is 30.6 Å². The molecule has 1 aromatic carbocycles. The van der Waals surface area contributed by atoms with Gasteiger partial charge < -0.3 is 15.6 Å². The summed E-state index contributed by atoms with van der Waals surface area (Å²) in [6.07, 6.45) is 1.57. The lowest BCUT2D eigenvalue weighted by molar-refractivity contribution is 0.0939. The second-order valence-corrected chi connectivity index (χ2v) is 4.73. The molecule has 5 heteroatoms. The van der Waals surface area contributed by atoms with Crippen molar-refractivity contribution in [1.82, 2.24) is 9.88 Å². The smallest absolute Gasteiger partial charge is 0.252 e. The molecule has 1 aromatic heterocycles. The third-order valence-corrected chi connectivity index (χ3v) is 3.12. The number of amides is 1. The van der Waals surface area contributed by atoms with E-state index >= 15 is 0 Å². The molecule has 1 heterocycles. The van der Waals surface area contributed by atoms with Crippen LogP contribution in [0.15, 0.2) is 47.4 Å². The van der Waals surface area contributed by atoms with Crippen molar-refractivity contribution < 1.29 is 4.79 Å². The molecular weight excluding hydrogens is 254 g/mol. The summed E-state index contributed by atoms with van der Waals surface area (Å²) in [7, 11) is 1.64. The average Bonchev–Trinajstić information content (AvgIpc) is 2.41. The number of carbonyl (C=O) groups excluding carboxylic acids is 1. The van der Waals surface area contributed by atoms with Crippen LogP contribution in [0.2, 0.25) is 0 Å². The first-order valence-corrected chi connectivity index (χ1v) is 6.30. The van der Waals surface area contributed by atoms with Crippen molar-refractivity contribution in [3.8, 4) is 0 Å². The van der Waals surface area contributed by atoms with Crippen LogP contribution in [0.5, 0.6) is 0 Å². The Balaban J connectivity index is 2.15. The van der Waals surface area contributed by atoms with E-state index in [4.69, 9.17) is 5.73 Å². The van der Waals surface area contributed by atoms with E-state index in [1.165, 1.54) is 10.6 Å². The molecule has 0 aliphatic carbocycles. The van der Waals surface area contributed by atoms with E-state index < -0.39 is 0 Å². The summed E-state index contributed by atoms with van der Waals surface area (Å²) in [5.41, 5.74) is 7.42. The predicted molar refractivity (Wildman–Crippen MR) is 78.4 cm³/mol. The maximum atomic E-state index is 12.1. The van der Waals surface area contributed by atoms with Crippen LogP contribution >= 0.6 is 0 Å². The van der Waals surface area contributed by atoms with Crippen LogP contribution in [0.1, 0.15) is 28.9 Å². The Labute approximate surface area is 117 Å². The number of hydrogen-bond donors (Lipinski definition) is 2. The minimum Gasteiger partial charge on any atom is -0.399 e. The van der Waals surface area contributed by atoms with Gasteiger partial charge in [-0.05, 0) is 30.7 Å². The summed E-state index contributed by atoms with van der Waals surface area (Å²) >= 11 is 0. The van der Waals surface area contributed by atoms with E-state index in [1.54, 1.807) is 25.4 Å². The fourth-order valence-electron chi connectivity index (χ4n) is 1.88. The number of rotatable bonds is 3. The molecule has 0 aliphatic heterocycles. The molecular formula is C15H17N3O2. The molecule has 1 unspecified atom stereocenters. The lowest BCUT2D eigenvalue weighted by Gasteiger charge is -2.15. The molecule has 1 atom stereocenters. The highest BCUT2D eigenvalue weighted by Crippen LogP contribution is 2.15. The normalized spacial score (nSPS) is 11.9. The number of nitrogens with zero attached hydrogens (tertiary/aromatic N) is 1. The van der Waals surface area contributed by atoms with Gasteiger partial charge in [-0.3, -0.25) is 9.59 Å². The zero-order valence-electron chi connectivity index (χ0n) is 11.5. The number of hydrogen-bond acceptors (Lipinski definition) is 3. The number of nitrogens with one attached hydrogen (secondary N) is 1. The lowest BCUT2D eigenvalue weighted by Crippen LogP contribution is -2.28. The monoisotopic (exact) mass is 271 g/mol. The molecule has 0 saturated heterocycles. The SMILES string of the molecule is CC(NC(=O)c1ccn(C)c(=O)c1)c1cccc(N)c1. The fourth-order valence-corrected chi connectivity index (χ4v) is 1.88. The Morgan fingerprint density at radius 3 is 2.70 bits per heavy atom. The highest BCUT2D eigenvalue weighted by atomic mass is 16.2. The molecule has 0 radical (unpaired) electrons. The van der Waals surface area contributed by atoms with Crippen LogP contribution < -0.4 is 16.6 Å². The highest BCUT2D eigenvalue weighted by Gasteiger charge is 2.12. The topological polar surface area (TPSA) is 77.1 Å². The lowest BCUT2D eigenvalue weighted by atomic mass is 10.1. The zero-order valence-corrected chi connectivity index (χ0v) is 11.5. The molecule has 1 amide bonds. The number of nitrogen functional groups attached to an aromatic ring is 1. The van der Waals surface area contributed by atoms with Gasteiger partial charge in [-0.15, -0.1) is 0 Å². The Morgan fingerprint density at radius 1 is 1.30 bits per heavy atom. The van der Waals surface area contributed by atoms with Crippen LogP contribution in [0.4, 0.5) is 5.69 Å². The number of pyridine rings is 1. The molecule has 2 aromatic rings. The molecule has 0 spiro atoms. The van der Waals surface area contributed by atoms with Gasteiger partial charge in [0.2, 0.25) is 0 Å². The van der Waals surface area contributed by atoms with Crippen LogP contribution in [-0.2, 0) is 7.05 Å². The maximum Gasteiger partial charge on any atom is 0.252 e. The van der Waals surface area contributed by atoms with Gasteiger partial charge in [-0.25, -0.2) is 0 Å². The number of benzene rings is 1. The van der Waals surface area contributed by atoms with Crippen molar-refractivity contribution in [2.45, 2.75) is 13.0 Å². The molecule has 5 nitrogen and oxygen atoms in total. The van der Waals surface area contributed by atoms with Crippen LogP contribution in [0.3, 0.4) is 0 Å². The summed E-state index contributed by atoms with van der Waals surface area (Å²) in [4.78, 5) is 23.6. The maximum absolute atomic E-state index is 12.1. The summed E-state index contributed by atoms with van der Waals surface area (Å²) < 4.78 is 1.41. The number of aryl methyl sites for hydroxylation is 1. The van der Waals surface area contributed by atoms with E-state index in [-0.39, 0.29) is 17.5 Å². The Hall–Kier alpha value is -2.56. The Morgan fingerprint density at radius 2 is 2.05 bits per heavy atom. The third kappa shape index (κ3) is 3.06. The minimum atomic E-state index is -0.280. The standard InChI is InChI=1S/C15H17N3O2/c1-10(11-4-3-5-13(16)8-11)17-15(20)12-6-7-18(2)14(19)9-12/h3-10H,16H2,1-2H3,(H,17,20). The second kappa shape index (κ2) is 5.61. The van der Waals surface area contributed by atoms with Crippen molar-refractivity contribution >= 4 is 11.6 Å². The number of anilines is 1. The molecule has 0 bridgehead atoms. The molecule has 20 heavy (non-hydrogen) atoms. The van der Waals surface area contributed by atoms with E-state index in [1.807, 2.05) is 25.1 Å². The van der Waals surface area contributed by atoms with E-state index in [2.05, 4.69) is 5.32 Å². The van der Waals surface area contributed by atoms with Gasteiger partial charge in [0.25, 0.3) is 11.5 Å². The largest absolute Gasteiger partial charge is 0.399 e. The highest BCUT2D eigenvalue weighted by molar-refractivity contribution is 5.94. The van der Waals surface area contributed by atoms with Crippen molar-refractivity contribution in [3.05, 3.63) is 64.1 Å². The number of carbonyl (C=O) groups is 1. The van der Waals surface area contributed by atoms with Gasteiger partial charge in [-0.1, -0.05) is 12.1 Å². The Kier molecular flexibility index (Phi) is 3.89. The van der Waals surface area contributed by atoms with E-state index in [0.717, 1.165) is 5.56 Å². The average molecular weight is 271 g/mol. The fraction of sp³-hybridized carbons (Fsp3) is 0.200. The predicted octanol–water partition coefficient (Wildman–Crippen LogP) is 1.46. The van der Waals surface area contributed by atoms with Gasteiger partial charge in [0.1, 0.15) is 0 Å². The van der Waals surface area contributed by atoms with Crippen LogP contribution in [-0.4, -0.2) is 10.5 Å². The van der Waals surface area contributed by atoms with Gasteiger partial charge >= 0.3 is 0 Å². The number of aromatic nitrogens is 1. The first-order valence-electron chi connectivity index (χ1n) is 6.30. The first-order chi connectivity index (χ1) is 9.47. The molecule has 0 fully saturated rings. The number of nitrogens with two attached hydrogens (primary N) is 1. The second-order valence-electron chi connectivity index (χ2n) is 4.73. The molecule has 0 saturated carbocycles. The minimum absolute atomic E-state index is 0.185. The van der Waals surface area contributed by atoms with Crippen molar-refractivity contribution in [2.75, 3.05) is 5.73 Å². The first kappa shape index (κ1) is 13.9. The third-order valence-electron chi connectivity index (χ3n) is 3.12. The van der Waals surface area contributed by atoms with Crippen LogP contribution in [0.25, 0.3) is 0 Å². The van der Waals surface area contributed by atoms with Gasteiger partial charge in [0.05, 0.1) is 6.04 Å². The van der Waals surface area contributed by atoms with Crippen LogP contribution in [0, 0.1) is 0 Å². The Bertz CT molecular complexity index is 692. The molecule has 3 N–H and O–H groups in total. The molecule has 104 valence electrons. The van der Waals surface area contributed by atoms with Crippen molar-refractivity contribution in [3.63, 3.8) is 0 Å². The van der Waals surface area contributed by atoms with E-state index in [0.29, 0.717) is 11.3 Å². The summed E-state index contributed by atoms with van der Waals surface area (Å²) in [5.74, 6) is -0.280. The zero-order chi connectivity index (χ0) is 14.7. The quantitative estimate of drug-likeness (QED) is 0.830. The summed E-state index contributed by atoms with van der Waals surface area (Å²) in [5, 5.41) is 2.84. The summed E-state index contributed by atoms with van der Waals surface area (Å²) in [6.45, 7) is 1.87. The molecule has 2 rings (SSSR count). The van der Waals surface area contributed by atoms with E-state index in [9.17, 15) is 9.59 Å². The summed E-state index contributed by atoms with van der Waals surface area (Å²) in [6, 6.07) is 10.1.